The molecule has 3 nitrogen and oxygen atoms in total. The predicted molar refractivity (Wildman–Crippen MR) is 83.7 cm³/mol. The molecule has 1 aromatic rings. The van der Waals surface area contributed by atoms with Crippen LogP contribution in [0.25, 0.3) is 0 Å². The second-order valence-electron chi connectivity index (χ2n) is 6.80. The van der Waals surface area contributed by atoms with Gasteiger partial charge in [-0.15, -0.1) is 0 Å². The fourth-order valence-corrected chi connectivity index (χ4v) is 2.45. The van der Waals surface area contributed by atoms with Gasteiger partial charge in [-0.2, -0.15) is 0 Å². The summed E-state index contributed by atoms with van der Waals surface area (Å²) in [7, 11) is 0. The Bertz CT molecular complexity index is 419. The minimum absolute atomic E-state index is 0.509. The lowest BCUT2D eigenvalue weighted by Gasteiger charge is -2.25. The highest BCUT2D eigenvalue weighted by Gasteiger charge is 2.26. The number of aryl methyl sites for hydroxylation is 1. The van der Waals surface area contributed by atoms with Gasteiger partial charge in [0.25, 0.3) is 0 Å². The van der Waals surface area contributed by atoms with Gasteiger partial charge in [-0.25, -0.2) is 0 Å². The molecule has 1 heterocycles. The first kappa shape index (κ1) is 15.6. The van der Waals surface area contributed by atoms with Crippen molar-refractivity contribution in [2.45, 2.75) is 72.6 Å². The molecule has 0 radical (unpaired) electrons. The van der Waals surface area contributed by atoms with Crippen LogP contribution in [0.3, 0.4) is 0 Å². The molecule has 0 aliphatic heterocycles. The van der Waals surface area contributed by atoms with E-state index in [4.69, 9.17) is 4.42 Å². The maximum Gasteiger partial charge on any atom is 0.118 e. The van der Waals surface area contributed by atoms with Crippen LogP contribution in [-0.4, -0.2) is 23.5 Å². The van der Waals surface area contributed by atoms with Crippen molar-refractivity contribution in [3.05, 3.63) is 23.2 Å². The van der Waals surface area contributed by atoms with Crippen LogP contribution in [-0.2, 0) is 13.1 Å². The summed E-state index contributed by atoms with van der Waals surface area (Å²) in [6, 6.07) is 3.32. The standard InChI is InChI=1S/C17H30N2O/c1-12(2)18-9-16-8-17(20-14(16)5)11-19(13(3)4)10-15-6-7-15/h8,12-13,15,18H,6-7,9-11H2,1-5H3. The third-order valence-corrected chi connectivity index (χ3v) is 4.05. The van der Waals surface area contributed by atoms with Gasteiger partial charge < -0.3 is 9.73 Å². The van der Waals surface area contributed by atoms with E-state index in [0.29, 0.717) is 12.1 Å². The molecule has 3 heteroatoms. The van der Waals surface area contributed by atoms with Crippen LogP contribution < -0.4 is 5.32 Å². The van der Waals surface area contributed by atoms with E-state index in [0.717, 1.165) is 30.5 Å². The third kappa shape index (κ3) is 4.64. The molecule has 0 saturated heterocycles. The Hall–Kier alpha value is -0.800. The fraction of sp³-hybridized carbons (Fsp3) is 0.765. The van der Waals surface area contributed by atoms with Crippen LogP contribution in [0, 0.1) is 12.8 Å². The van der Waals surface area contributed by atoms with Crippen LogP contribution in [0.4, 0.5) is 0 Å². The number of rotatable bonds is 8. The highest BCUT2D eigenvalue weighted by molar-refractivity contribution is 5.20. The van der Waals surface area contributed by atoms with E-state index in [-0.39, 0.29) is 0 Å². The molecule has 0 spiro atoms. The molecule has 1 saturated carbocycles. The SMILES string of the molecule is Cc1oc(CN(CC2CC2)C(C)C)cc1CNC(C)C. The molecule has 0 amide bonds. The zero-order valence-electron chi connectivity index (χ0n) is 13.7. The van der Waals surface area contributed by atoms with E-state index in [1.165, 1.54) is 24.9 Å². The second kappa shape index (κ2) is 6.77. The first-order valence-corrected chi connectivity index (χ1v) is 8.01. The topological polar surface area (TPSA) is 28.4 Å². The largest absolute Gasteiger partial charge is 0.465 e. The van der Waals surface area contributed by atoms with E-state index in [1.54, 1.807) is 0 Å². The fourth-order valence-electron chi connectivity index (χ4n) is 2.45. The van der Waals surface area contributed by atoms with Gasteiger partial charge >= 0.3 is 0 Å². The van der Waals surface area contributed by atoms with E-state index in [2.05, 4.69) is 50.9 Å². The summed E-state index contributed by atoms with van der Waals surface area (Å²) < 4.78 is 5.95. The summed E-state index contributed by atoms with van der Waals surface area (Å²) in [5.74, 6) is 3.09. The molecule has 1 aliphatic carbocycles. The van der Waals surface area contributed by atoms with Crippen LogP contribution in [0.2, 0.25) is 0 Å². The van der Waals surface area contributed by atoms with Gasteiger partial charge in [0, 0.05) is 30.7 Å². The van der Waals surface area contributed by atoms with Crippen molar-refractivity contribution < 1.29 is 4.42 Å². The number of hydrogen-bond donors (Lipinski definition) is 1. The molecule has 0 bridgehead atoms. The van der Waals surface area contributed by atoms with Crippen molar-refractivity contribution in [1.29, 1.82) is 0 Å². The molecular weight excluding hydrogens is 248 g/mol. The molecule has 114 valence electrons. The lowest BCUT2D eigenvalue weighted by molar-refractivity contribution is 0.187. The second-order valence-corrected chi connectivity index (χ2v) is 6.80. The first-order valence-electron chi connectivity index (χ1n) is 8.01. The monoisotopic (exact) mass is 278 g/mol. The zero-order valence-corrected chi connectivity index (χ0v) is 13.7. The van der Waals surface area contributed by atoms with E-state index in [1.807, 2.05) is 0 Å². The Kier molecular flexibility index (Phi) is 5.28. The number of nitrogens with zero attached hydrogens (tertiary/aromatic N) is 1. The van der Waals surface area contributed by atoms with Crippen LogP contribution in [0.1, 0.15) is 57.6 Å². The van der Waals surface area contributed by atoms with Crippen LogP contribution in [0.15, 0.2) is 10.5 Å². The summed E-state index contributed by atoms with van der Waals surface area (Å²) in [6.07, 6.45) is 2.81. The summed E-state index contributed by atoms with van der Waals surface area (Å²) in [5, 5.41) is 3.46. The molecule has 1 N–H and O–H groups in total. The number of hydrogen-bond acceptors (Lipinski definition) is 3. The van der Waals surface area contributed by atoms with Gasteiger partial charge in [-0.1, -0.05) is 13.8 Å². The Balaban J connectivity index is 1.95. The quantitative estimate of drug-likeness (QED) is 0.786. The van der Waals surface area contributed by atoms with Crippen molar-refractivity contribution in [1.82, 2.24) is 10.2 Å². The van der Waals surface area contributed by atoms with Gasteiger partial charge in [0.05, 0.1) is 6.54 Å². The molecule has 0 atom stereocenters. The lowest BCUT2D eigenvalue weighted by atomic mass is 10.2. The Morgan fingerprint density at radius 3 is 2.55 bits per heavy atom. The van der Waals surface area contributed by atoms with Gasteiger partial charge in [0.2, 0.25) is 0 Å². The van der Waals surface area contributed by atoms with Gasteiger partial charge in [0.15, 0.2) is 0 Å². The third-order valence-electron chi connectivity index (χ3n) is 4.05. The van der Waals surface area contributed by atoms with Crippen molar-refractivity contribution in [3.8, 4) is 0 Å². The molecule has 1 fully saturated rings. The highest BCUT2D eigenvalue weighted by atomic mass is 16.3. The van der Waals surface area contributed by atoms with Gasteiger partial charge in [-0.3, -0.25) is 4.90 Å². The lowest BCUT2D eigenvalue weighted by Crippen LogP contribution is -2.32. The first-order chi connectivity index (χ1) is 9.45. The highest BCUT2D eigenvalue weighted by Crippen LogP contribution is 2.31. The molecular formula is C17H30N2O. The Labute approximate surface area is 123 Å². The number of nitrogens with one attached hydrogen (secondary N) is 1. The van der Waals surface area contributed by atoms with Crippen molar-refractivity contribution in [2.75, 3.05) is 6.54 Å². The zero-order chi connectivity index (χ0) is 14.7. The van der Waals surface area contributed by atoms with Crippen molar-refractivity contribution in [3.63, 3.8) is 0 Å². The maximum atomic E-state index is 5.95. The van der Waals surface area contributed by atoms with Crippen molar-refractivity contribution >= 4 is 0 Å². The van der Waals surface area contributed by atoms with Crippen LogP contribution in [0.5, 0.6) is 0 Å². The van der Waals surface area contributed by atoms with E-state index < -0.39 is 0 Å². The minimum Gasteiger partial charge on any atom is -0.465 e. The smallest absolute Gasteiger partial charge is 0.118 e. The molecule has 1 aromatic heterocycles. The normalized spacial score (nSPS) is 15.8. The Morgan fingerprint density at radius 1 is 1.30 bits per heavy atom. The molecule has 0 unspecified atom stereocenters. The Morgan fingerprint density at radius 2 is 2.00 bits per heavy atom. The van der Waals surface area contributed by atoms with E-state index in [9.17, 15) is 0 Å². The van der Waals surface area contributed by atoms with Gasteiger partial charge in [0.1, 0.15) is 11.5 Å². The van der Waals surface area contributed by atoms with Crippen LogP contribution >= 0.6 is 0 Å². The predicted octanol–water partition coefficient (Wildman–Crippen LogP) is 3.71. The average Bonchev–Trinajstić information content (AvgIpc) is 3.10. The minimum atomic E-state index is 0.509. The maximum absolute atomic E-state index is 5.95. The molecule has 0 aromatic carbocycles. The van der Waals surface area contributed by atoms with E-state index >= 15 is 0 Å². The summed E-state index contributed by atoms with van der Waals surface area (Å²) in [4.78, 5) is 2.54. The average molecular weight is 278 g/mol. The van der Waals surface area contributed by atoms with Crippen molar-refractivity contribution in [2.24, 2.45) is 5.92 Å². The molecule has 20 heavy (non-hydrogen) atoms. The molecule has 1 aliphatic rings. The number of furan rings is 1. The summed E-state index contributed by atoms with van der Waals surface area (Å²) in [6.45, 7) is 14.0. The molecule has 2 rings (SSSR count). The van der Waals surface area contributed by atoms with Gasteiger partial charge in [-0.05, 0) is 45.6 Å². The summed E-state index contributed by atoms with van der Waals surface area (Å²) >= 11 is 0. The summed E-state index contributed by atoms with van der Waals surface area (Å²) in [5.41, 5.74) is 1.30.